The summed E-state index contributed by atoms with van der Waals surface area (Å²) < 4.78 is 0. The summed E-state index contributed by atoms with van der Waals surface area (Å²) in [5, 5.41) is 0. The van der Waals surface area contributed by atoms with E-state index in [0.29, 0.717) is 15.2 Å². The third-order valence-corrected chi connectivity index (χ3v) is 11.4. The van der Waals surface area contributed by atoms with Crippen molar-refractivity contribution in [1.82, 2.24) is 0 Å². The lowest BCUT2D eigenvalue weighted by atomic mass is 10.4. The van der Waals surface area contributed by atoms with Gasteiger partial charge in [0.25, 0.3) is 0 Å². The summed E-state index contributed by atoms with van der Waals surface area (Å²) in [5.41, 5.74) is 0. The average Bonchev–Trinajstić information content (AvgIpc) is 2.04. The van der Waals surface area contributed by atoms with Crippen LogP contribution in [0.4, 0.5) is 0 Å². The van der Waals surface area contributed by atoms with E-state index in [9.17, 15) is 0 Å². The van der Waals surface area contributed by atoms with Crippen molar-refractivity contribution in [2.24, 2.45) is 0 Å². The van der Waals surface area contributed by atoms with Crippen LogP contribution < -0.4 is 0 Å². The summed E-state index contributed by atoms with van der Waals surface area (Å²) >= 11 is 0. The molecular formula is C8H18P2. The molecule has 0 saturated carbocycles. The molecule has 0 aromatic heterocycles. The van der Waals surface area contributed by atoms with Crippen molar-refractivity contribution in [2.75, 3.05) is 24.6 Å². The van der Waals surface area contributed by atoms with Gasteiger partial charge in [-0.15, -0.1) is 0 Å². The molecule has 1 aliphatic rings. The minimum absolute atomic E-state index is 0.532. The van der Waals surface area contributed by atoms with Gasteiger partial charge in [0.15, 0.2) is 0 Å². The van der Waals surface area contributed by atoms with Crippen molar-refractivity contribution in [3.05, 3.63) is 0 Å². The van der Waals surface area contributed by atoms with Crippen LogP contribution >= 0.6 is 15.2 Å². The Bertz CT molecular complexity index is 81.3. The van der Waals surface area contributed by atoms with Gasteiger partial charge in [0.05, 0.1) is 0 Å². The predicted molar refractivity (Wildman–Crippen MR) is 53.9 cm³/mol. The highest BCUT2D eigenvalue weighted by Gasteiger charge is 2.20. The second kappa shape index (κ2) is 4.68. The minimum Gasteiger partial charge on any atom is -0.0813 e. The molecule has 2 heteroatoms. The molecule has 0 aromatic carbocycles. The molecule has 0 amide bonds. The van der Waals surface area contributed by atoms with E-state index in [-0.39, 0.29) is 0 Å². The normalized spacial score (nSPS) is 34.2. The van der Waals surface area contributed by atoms with Gasteiger partial charge < -0.3 is 0 Å². The Morgan fingerprint density at radius 3 is 1.60 bits per heavy atom. The van der Waals surface area contributed by atoms with E-state index in [4.69, 9.17) is 0 Å². The highest BCUT2D eigenvalue weighted by molar-refractivity contribution is 8.30. The van der Waals surface area contributed by atoms with E-state index in [2.05, 4.69) is 13.8 Å². The highest BCUT2D eigenvalue weighted by atomic mass is 32.1. The lowest BCUT2D eigenvalue weighted by Gasteiger charge is -2.30. The third kappa shape index (κ3) is 2.18. The lowest BCUT2D eigenvalue weighted by Crippen LogP contribution is -1.99. The van der Waals surface area contributed by atoms with Crippen LogP contribution in [0.3, 0.4) is 0 Å². The Balaban J connectivity index is 2.34. The van der Waals surface area contributed by atoms with Gasteiger partial charge in [0.1, 0.15) is 0 Å². The van der Waals surface area contributed by atoms with Crippen LogP contribution in [0, 0.1) is 0 Å². The third-order valence-electron chi connectivity index (χ3n) is 2.21. The van der Waals surface area contributed by atoms with Crippen molar-refractivity contribution in [1.29, 1.82) is 0 Å². The molecule has 1 aliphatic heterocycles. The largest absolute Gasteiger partial charge is 0.0813 e. The molecule has 0 radical (unpaired) electrons. The summed E-state index contributed by atoms with van der Waals surface area (Å²) in [7, 11) is 1.06. The molecule has 0 N–H and O–H groups in total. The second-order valence-corrected chi connectivity index (χ2v) is 10.4. The van der Waals surface area contributed by atoms with Crippen molar-refractivity contribution < 1.29 is 0 Å². The Morgan fingerprint density at radius 2 is 1.30 bits per heavy atom. The summed E-state index contributed by atoms with van der Waals surface area (Å²) in [4.78, 5) is 0. The zero-order valence-corrected chi connectivity index (χ0v) is 8.93. The molecule has 1 fully saturated rings. The van der Waals surface area contributed by atoms with Crippen LogP contribution in [-0.4, -0.2) is 24.6 Å². The Kier molecular flexibility index (Phi) is 4.19. The predicted octanol–water partition coefficient (Wildman–Crippen LogP) is 3.70. The van der Waals surface area contributed by atoms with Crippen molar-refractivity contribution in [3.63, 3.8) is 0 Å². The molecule has 10 heavy (non-hydrogen) atoms. The number of rotatable bonds is 2. The summed E-state index contributed by atoms with van der Waals surface area (Å²) in [5.74, 6) is 0. The van der Waals surface area contributed by atoms with Crippen molar-refractivity contribution >= 4 is 15.2 Å². The number of hydrogen-bond donors (Lipinski definition) is 0. The Labute approximate surface area is 67.2 Å². The molecule has 60 valence electrons. The topological polar surface area (TPSA) is 0 Å². The highest BCUT2D eigenvalue weighted by Crippen LogP contribution is 2.71. The average molecular weight is 176 g/mol. The van der Waals surface area contributed by atoms with E-state index in [1.54, 1.807) is 25.2 Å². The maximum Gasteiger partial charge on any atom is -0.0287 e. The van der Waals surface area contributed by atoms with Crippen LogP contribution in [0.25, 0.3) is 0 Å². The molecule has 0 aliphatic carbocycles. The molecule has 0 nitrogen and oxygen atoms in total. The fourth-order valence-electron chi connectivity index (χ4n) is 1.59. The maximum atomic E-state index is 2.39. The monoisotopic (exact) mass is 176 g/mol. The van der Waals surface area contributed by atoms with E-state index in [0.717, 1.165) is 0 Å². The zero-order chi connectivity index (χ0) is 7.40. The van der Waals surface area contributed by atoms with Gasteiger partial charge in [0.2, 0.25) is 0 Å². The second-order valence-electron chi connectivity index (χ2n) is 2.80. The summed E-state index contributed by atoms with van der Waals surface area (Å²) in [6, 6.07) is 0. The Morgan fingerprint density at radius 1 is 0.900 bits per heavy atom. The van der Waals surface area contributed by atoms with Crippen molar-refractivity contribution in [3.8, 4) is 0 Å². The standard InChI is InChI=1S/C8H18P2/c1-3-9-7-5-6-8-10(9)4-2/h3-8H2,1-2H3. The molecular weight excluding hydrogens is 158 g/mol. The quantitative estimate of drug-likeness (QED) is 0.563. The Hall–Kier alpha value is 0.860. The van der Waals surface area contributed by atoms with Crippen LogP contribution in [0.1, 0.15) is 26.7 Å². The molecule has 2 atom stereocenters. The first kappa shape index (κ1) is 8.95. The fraction of sp³-hybridized carbons (Fsp3) is 1.00. The van der Waals surface area contributed by atoms with E-state index in [1.807, 2.05) is 0 Å². The summed E-state index contributed by atoms with van der Waals surface area (Å²) in [6.07, 6.45) is 9.30. The lowest BCUT2D eigenvalue weighted by molar-refractivity contribution is 0.889. The van der Waals surface area contributed by atoms with Crippen molar-refractivity contribution in [2.45, 2.75) is 26.7 Å². The first-order chi connectivity index (χ1) is 4.88. The molecule has 2 unspecified atom stereocenters. The molecule has 0 spiro atoms. The van der Waals surface area contributed by atoms with Gasteiger partial charge in [-0.1, -0.05) is 29.1 Å². The zero-order valence-electron chi connectivity index (χ0n) is 7.14. The van der Waals surface area contributed by atoms with Gasteiger partial charge in [-0.05, 0) is 37.5 Å². The first-order valence-corrected chi connectivity index (χ1v) is 8.51. The van der Waals surface area contributed by atoms with Gasteiger partial charge in [-0.2, -0.15) is 0 Å². The fourth-order valence-corrected chi connectivity index (χ4v) is 9.71. The molecule has 0 bridgehead atoms. The number of hydrogen-bond acceptors (Lipinski definition) is 0. The SMILES string of the molecule is CCP1CCCCP1CC. The van der Waals surface area contributed by atoms with Crippen LogP contribution in [0.5, 0.6) is 0 Å². The van der Waals surface area contributed by atoms with Crippen LogP contribution in [0.2, 0.25) is 0 Å². The van der Waals surface area contributed by atoms with E-state index in [1.165, 1.54) is 12.3 Å². The molecule has 0 aromatic rings. The van der Waals surface area contributed by atoms with Crippen LogP contribution in [-0.2, 0) is 0 Å². The van der Waals surface area contributed by atoms with Crippen LogP contribution in [0.15, 0.2) is 0 Å². The van der Waals surface area contributed by atoms with Gasteiger partial charge in [-0.3, -0.25) is 0 Å². The molecule has 1 heterocycles. The van der Waals surface area contributed by atoms with Gasteiger partial charge >= 0.3 is 0 Å². The minimum atomic E-state index is 0.532. The van der Waals surface area contributed by atoms with E-state index < -0.39 is 0 Å². The smallest absolute Gasteiger partial charge is 0.0287 e. The first-order valence-electron chi connectivity index (χ1n) is 4.38. The van der Waals surface area contributed by atoms with E-state index >= 15 is 0 Å². The summed E-state index contributed by atoms with van der Waals surface area (Å²) in [6.45, 7) is 4.78. The maximum absolute atomic E-state index is 2.39. The van der Waals surface area contributed by atoms with Gasteiger partial charge in [0, 0.05) is 0 Å². The molecule has 1 saturated heterocycles. The molecule has 1 rings (SSSR count). The van der Waals surface area contributed by atoms with Gasteiger partial charge in [-0.25, -0.2) is 0 Å².